The highest BCUT2D eigenvalue weighted by Crippen LogP contribution is 2.49. The Morgan fingerprint density at radius 3 is 2.61 bits per heavy atom. The van der Waals surface area contributed by atoms with E-state index in [1.807, 2.05) is 0 Å². The van der Waals surface area contributed by atoms with Gasteiger partial charge in [0.15, 0.2) is 0 Å². The van der Waals surface area contributed by atoms with E-state index in [2.05, 4.69) is 31.2 Å². The molecule has 0 amide bonds. The van der Waals surface area contributed by atoms with Gasteiger partial charge in [-0.25, -0.2) is 0 Å². The van der Waals surface area contributed by atoms with Gasteiger partial charge in [0.2, 0.25) is 0 Å². The fourth-order valence-electron chi connectivity index (χ4n) is 4.10. The van der Waals surface area contributed by atoms with Crippen LogP contribution in [0, 0.1) is 17.8 Å². The lowest BCUT2D eigenvalue weighted by molar-refractivity contribution is 0.258. The third-order valence-electron chi connectivity index (χ3n) is 5.08. The first-order chi connectivity index (χ1) is 8.69. The molecule has 4 unspecified atom stereocenters. The number of hydrogen-bond donors (Lipinski definition) is 1. The van der Waals surface area contributed by atoms with E-state index in [1.54, 1.807) is 6.42 Å². The quantitative estimate of drug-likeness (QED) is 0.714. The molecule has 0 aromatic rings. The van der Waals surface area contributed by atoms with Crippen LogP contribution < -0.4 is 5.32 Å². The Bertz CT molecular complexity index is 239. The van der Waals surface area contributed by atoms with E-state index >= 15 is 0 Å². The summed E-state index contributed by atoms with van der Waals surface area (Å²) in [4.78, 5) is 2.32. The number of rotatable bonds is 8. The molecule has 2 heteroatoms. The fraction of sp³-hybridized carbons (Fsp3) is 1.00. The van der Waals surface area contributed by atoms with Crippen LogP contribution in [0.3, 0.4) is 0 Å². The zero-order valence-corrected chi connectivity index (χ0v) is 12.6. The van der Waals surface area contributed by atoms with Gasteiger partial charge < -0.3 is 10.2 Å². The number of nitrogens with zero attached hydrogens (tertiary/aromatic N) is 1. The van der Waals surface area contributed by atoms with Crippen LogP contribution in [0.2, 0.25) is 0 Å². The Labute approximate surface area is 114 Å². The summed E-state index contributed by atoms with van der Waals surface area (Å²) in [5, 5.41) is 3.78. The Morgan fingerprint density at radius 1 is 1.22 bits per heavy atom. The molecule has 4 atom stereocenters. The largest absolute Gasteiger partial charge is 0.314 e. The monoisotopic (exact) mass is 252 g/mol. The maximum Gasteiger partial charge on any atom is 0.00819 e. The van der Waals surface area contributed by atoms with Crippen LogP contribution in [0.1, 0.15) is 51.9 Å². The van der Waals surface area contributed by atoms with Crippen molar-refractivity contribution in [2.75, 3.05) is 27.2 Å². The molecule has 1 N–H and O–H groups in total. The molecule has 0 heterocycles. The Morgan fingerprint density at radius 2 is 2.06 bits per heavy atom. The number of fused-ring (bicyclic) bond motifs is 2. The first kappa shape index (κ1) is 14.3. The van der Waals surface area contributed by atoms with Crippen LogP contribution in [-0.2, 0) is 0 Å². The fourth-order valence-corrected chi connectivity index (χ4v) is 4.10. The molecule has 0 spiro atoms. The summed E-state index contributed by atoms with van der Waals surface area (Å²) >= 11 is 0. The molecule has 2 saturated carbocycles. The Hall–Kier alpha value is -0.0800. The summed E-state index contributed by atoms with van der Waals surface area (Å²) in [6, 6.07) is 0.761. The summed E-state index contributed by atoms with van der Waals surface area (Å²) < 4.78 is 0. The zero-order valence-electron chi connectivity index (χ0n) is 12.6. The second kappa shape index (κ2) is 6.91. The van der Waals surface area contributed by atoms with Crippen molar-refractivity contribution >= 4 is 0 Å². The van der Waals surface area contributed by atoms with E-state index in [0.29, 0.717) is 0 Å². The van der Waals surface area contributed by atoms with Gasteiger partial charge in [0.25, 0.3) is 0 Å². The van der Waals surface area contributed by atoms with E-state index in [-0.39, 0.29) is 0 Å². The van der Waals surface area contributed by atoms with Gasteiger partial charge in [-0.05, 0) is 83.5 Å². The summed E-state index contributed by atoms with van der Waals surface area (Å²) in [7, 11) is 4.38. The minimum absolute atomic E-state index is 0.761. The predicted molar refractivity (Wildman–Crippen MR) is 78.8 cm³/mol. The second-order valence-corrected chi connectivity index (χ2v) is 6.91. The summed E-state index contributed by atoms with van der Waals surface area (Å²) in [5.41, 5.74) is 0. The van der Waals surface area contributed by atoms with E-state index < -0.39 is 0 Å². The molecule has 106 valence electrons. The minimum Gasteiger partial charge on any atom is -0.314 e. The van der Waals surface area contributed by atoms with Gasteiger partial charge in [0.1, 0.15) is 0 Å². The average molecular weight is 252 g/mol. The van der Waals surface area contributed by atoms with E-state index in [9.17, 15) is 0 Å². The van der Waals surface area contributed by atoms with E-state index in [4.69, 9.17) is 0 Å². The zero-order chi connectivity index (χ0) is 13.0. The molecule has 0 aromatic carbocycles. The van der Waals surface area contributed by atoms with Gasteiger partial charge in [-0.15, -0.1) is 0 Å². The average Bonchev–Trinajstić information content (AvgIpc) is 2.94. The van der Waals surface area contributed by atoms with Crippen LogP contribution in [0.4, 0.5) is 0 Å². The second-order valence-electron chi connectivity index (χ2n) is 6.91. The highest BCUT2D eigenvalue weighted by molar-refractivity contribution is 4.91. The molecule has 2 rings (SSSR count). The third kappa shape index (κ3) is 3.96. The van der Waals surface area contributed by atoms with Gasteiger partial charge in [-0.3, -0.25) is 0 Å². The van der Waals surface area contributed by atoms with Crippen LogP contribution in [0.5, 0.6) is 0 Å². The predicted octanol–water partition coefficient (Wildman–Crippen LogP) is 3.13. The summed E-state index contributed by atoms with van der Waals surface area (Å²) in [6.45, 7) is 4.69. The standard InChI is InChI=1S/C16H32N2/c1-4-8-17-16(7-9-18(2)3)12-15-11-13-5-6-14(15)10-13/h13-17H,4-12H2,1-3H3. The van der Waals surface area contributed by atoms with Gasteiger partial charge in [0.05, 0.1) is 0 Å². The molecule has 2 aliphatic rings. The lowest BCUT2D eigenvalue weighted by Crippen LogP contribution is -2.35. The SMILES string of the molecule is CCCNC(CCN(C)C)CC1CC2CCC1C2. The molecule has 0 radical (unpaired) electrons. The molecule has 18 heavy (non-hydrogen) atoms. The molecular weight excluding hydrogens is 220 g/mol. The van der Waals surface area contributed by atoms with Crippen LogP contribution in [0.15, 0.2) is 0 Å². The Kier molecular flexibility index (Phi) is 5.50. The molecule has 2 fully saturated rings. The molecular formula is C16H32N2. The van der Waals surface area contributed by atoms with Crippen molar-refractivity contribution in [1.29, 1.82) is 0 Å². The smallest absolute Gasteiger partial charge is 0.00819 e. The van der Waals surface area contributed by atoms with Crippen LogP contribution in [0.25, 0.3) is 0 Å². The number of nitrogens with one attached hydrogen (secondary N) is 1. The summed E-state index contributed by atoms with van der Waals surface area (Å²) in [5.74, 6) is 3.22. The molecule has 2 bridgehead atoms. The molecule has 0 saturated heterocycles. The molecule has 0 aliphatic heterocycles. The topological polar surface area (TPSA) is 15.3 Å². The van der Waals surface area contributed by atoms with E-state index in [1.165, 1.54) is 51.6 Å². The first-order valence-electron chi connectivity index (χ1n) is 8.07. The van der Waals surface area contributed by atoms with Crippen LogP contribution in [-0.4, -0.2) is 38.1 Å². The van der Waals surface area contributed by atoms with Crippen molar-refractivity contribution in [3.63, 3.8) is 0 Å². The van der Waals surface area contributed by atoms with Gasteiger partial charge in [-0.1, -0.05) is 13.3 Å². The first-order valence-corrected chi connectivity index (χ1v) is 8.07. The number of hydrogen-bond acceptors (Lipinski definition) is 2. The van der Waals surface area contributed by atoms with Gasteiger partial charge in [-0.2, -0.15) is 0 Å². The van der Waals surface area contributed by atoms with Crippen molar-refractivity contribution in [2.45, 2.75) is 57.9 Å². The highest BCUT2D eigenvalue weighted by Gasteiger charge is 2.39. The minimum atomic E-state index is 0.761. The molecule has 0 aromatic heterocycles. The van der Waals surface area contributed by atoms with Crippen molar-refractivity contribution < 1.29 is 0 Å². The van der Waals surface area contributed by atoms with E-state index in [0.717, 1.165) is 23.8 Å². The van der Waals surface area contributed by atoms with Crippen molar-refractivity contribution in [3.8, 4) is 0 Å². The van der Waals surface area contributed by atoms with Crippen molar-refractivity contribution in [1.82, 2.24) is 10.2 Å². The van der Waals surface area contributed by atoms with Crippen LogP contribution >= 0.6 is 0 Å². The maximum atomic E-state index is 3.78. The molecule has 2 aliphatic carbocycles. The third-order valence-corrected chi connectivity index (χ3v) is 5.08. The van der Waals surface area contributed by atoms with Gasteiger partial charge in [0, 0.05) is 6.04 Å². The van der Waals surface area contributed by atoms with Crippen molar-refractivity contribution in [2.24, 2.45) is 17.8 Å². The maximum absolute atomic E-state index is 3.78. The van der Waals surface area contributed by atoms with Gasteiger partial charge >= 0.3 is 0 Å². The summed E-state index contributed by atoms with van der Waals surface area (Å²) in [6.07, 6.45) is 10.2. The molecule has 2 nitrogen and oxygen atoms in total. The Balaban J connectivity index is 1.76. The lowest BCUT2D eigenvalue weighted by Gasteiger charge is -2.28. The van der Waals surface area contributed by atoms with Crippen molar-refractivity contribution in [3.05, 3.63) is 0 Å². The highest BCUT2D eigenvalue weighted by atomic mass is 15.1. The lowest BCUT2D eigenvalue weighted by atomic mass is 9.83. The normalized spacial score (nSPS) is 32.3.